The number of hydrogen-bond donors (Lipinski definition) is 1. The Hall–Kier alpha value is -1.85. The van der Waals surface area contributed by atoms with Crippen molar-refractivity contribution in [2.75, 3.05) is 13.1 Å². The molecule has 0 saturated carbocycles. The highest BCUT2D eigenvalue weighted by Crippen LogP contribution is 2.39. The zero-order valence-corrected chi connectivity index (χ0v) is 13.1. The first-order chi connectivity index (χ1) is 10.5. The number of nitrogens with zero attached hydrogens (tertiary/aromatic N) is 2. The lowest BCUT2D eigenvalue weighted by molar-refractivity contribution is -0.150. The van der Waals surface area contributed by atoms with Gasteiger partial charge in [-0.15, -0.1) is 0 Å². The molecular weight excluding hydrogens is 284 g/mol. The van der Waals surface area contributed by atoms with E-state index in [4.69, 9.17) is 4.52 Å². The third kappa shape index (κ3) is 2.21. The smallest absolute Gasteiger partial charge is 0.311 e. The number of amides is 1. The van der Waals surface area contributed by atoms with Crippen molar-refractivity contribution < 1.29 is 19.2 Å². The average Bonchev–Trinajstić information content (AvgIpc) is 3.12. The highest BCUT2D eigenvalue weighted by molar-refractivity contribution is 5.94. The minimum Gasteiger partial charge on any atom is -0.481 e. The van der Waals surface area contributed by atoms with Crippen LogP contribution in [-0.4, -0.2) is 40.1 Å². The summed E-state index contributed by atoms with van der Waals surface area (Å²) in [5, 5.41) is 13.6. The Labute approximate surface area is 129 Å². The van der Waals surface area contributed by atoms with Crippen LogP contribution in [0.5, 0.6) is 0 Å². The lowest BCUT2D eigenvalue weighted by Gasteiger charge is -2.28. The second-order valence-corrected chi connectivity index (χ2v) is 6.73. The number of carbonyl (C=O) groups excluding carboxylic acids is 1. The second-order valence-electron chi connectivity index (χ2n) is 6.73. The third-order valence-electron chi connectivity index (χ3n) is 5.27. The van der Waals surface area contributed by atoms with Gasteiger partial charge < -0.3 is 14.5 Å². The van der Waals surface area contributed by atoms with Crippen LogP contribution in [0.25, 0.3) is 0 Å². The Morgan fingerprint density at radius 2 is 2.05 bits per heavy atom. The van der Waals surface area contributed by atoms with Gasteiger partial charge in [0.15, 0.2) is 5.69 Å². The summed E-state index contributed by atoms with van der Waals surface area (Å²) in [5.41, 5.74) is 0.465. The summed E-state index contributed by atoms with van der Waals surface area (Å²) in [6.07, 6.45) is 4.25. The van der Waals surface area contributed by atoms with Gasteiger partial charge in [0.2, 0.25) is 0 Å². The molecule has 0 bridgehead atoms. The van der Waals surface area contributed by atoms with Crippen molar-refractivity contribution in [3.8, 4) is 0 Å². The number of rotatable bonds is 3. The fourth-order valence-corrected chi connectivity index (χ4v) is 3.60. The summed E-state index contributed by atoms with van der Waals surface area (Å²) in [6, 6.07) is 0. The number of carboxylic acids is 1. The van der Waals surface area contributed by atoms with Crippen LogP contribution >= 0.6 is 0 Å². The van der Waals surface area contributed by atoms with Gasteiger partial charge >= 0.3 is 5.97 Å². The van der Waals surface area contributed by atoms with E-state index in [1.165, 1.54) is 0 Å². The molecular formula is C16H22N2O4. The Bertz CT molecular complexity index is 607. The summed E-state index contributed by atoms with van der Waals surface area (Å²) < 4.78 is 5.30. The number of carboxylic acid groups (broad SMARTS) is 1. The Morgan fingerprint density at radius 1 is 1.32 bits per heavy atom. The molecule has 1 aromatic heterocycles. The number of likely N-dealkylation sites (tertiary alicyclic amines) is 1. The Kier molecular flexibility index (Phi) is 3.70. The molecule has 6 nitrogen and oxygen atoms in total. The van der Waals surface area contributed by atoms with E-state index in [0.717, 1.165) is 37.0 Å². The summed E-state index contributed by atoms with van der Waals surface area (Å²) in [7, 11) is 0. The van der Waals surface area contributed by atoms with Crippen LogP contribution in [0.1, 0.15) is 54.9 Å². The Balaban J connectivity index is 1.83. The first-order valence-corrected chi connectivity index (χ1v) is 7.96. The molecule has 1 aliphatic heterocycles. The number of fused-ring (bicyclic) bond motifs is 1. The van der Waals surface area contributed by atoms with E-state index in [1.54, 1.807) is 4.90 Å². The molecule has 1 aliphatic carbocycles. The molecule has 0 spiro atoms. The SMILES string of the molecule is CC(C)C1(C(=O)O)CCN(C(=O)c2noc3c2CCCC3)C1. The summed E-state index contributed by atoms with van der Waals surface area (Å²) in [6.45, 7) is 4.52. The van der Waals surface area contributed by atoms with Crippen LogP contribution in [0, 0.1) is 11.3 Å². The maximum absolute atomic E-state index is 12.7. The monoisotopic (exact) mass is 306 g/mol. The minimum absolute atomic E-state index is 0.0194. The van der Waals surface area contributed by atoms with Crippen LogP contribution in [0.2, 0.25) is 0 Å². The van der Waals surface area contributed by atoms with Crippen LogP contribution in [0.3, 0.4) is 0 Å². The van der Waals surface area contributed by atoms with E-state index in [0.29, 0.717) is 18.7 Å². The number of aliphatic carboxylic acids is 1. The van der Waals surface area contributed by atoms with E-state index >= 15 is 0 Å². The van der Waals surface area contributed by atoms with E-state index in [9.17, 15) is 14.7 Å². The predicted octanol–water partition coefficient (Wildman–Crippen LogP) is 2.13. The van der Waals surface area contributed by atoms with Crippen LogP contribution in [0.15, 0.2) is 4.52 Å². The zero-order chi connectivity index (χ0) is 15.9. The first kappa shape index (κ1) is 15.1. The van der Waals surface area contributed by atoms with Crippen molar-refractivity contribution in [3.05, 3.63) is 17.0 Å². The lowest BCUT2D eigenvalue weighted by Crippen LogP contribution is -2.40. The molecule has 6 heteroatoms. The summed E-state index contributed by atoms with van der Waals surface area (Å²) in [5.74, 6) is -0.202. The van der Waals surface area contributed by atoms with Crippen molar-refractivity contribution in [2.45, 2.75) is 46.0 Å². The standard InChI is InChI=1S/C16H22N2O4/c1-10(2)16(15(20)21)7-8-18(9-16)14(19)13-11-5-3-4-6-12(11)22-17-13/h10H,3-9H2,1-2H3,(H,20,21). The molecule has 0 radical (unpaired) electrons. The topological polar surface area (TPSA) is 83.6 Å². The number of aromatic nitrogens is 1. The van der Waals surface area contributed by atoms with Crippen LogP contribution in [0.4, 0.5) is 0 Å². The molecule has 2 aliphatic rings. The quantitative estimate of drug-likeness (QED) is 0.924. The summed E-state index contributed by atoms with van der Waals surface area (Å²) in [4.78, 5) is 26.0. The van der Waals surface area contributed by atoms with Gasteiger partial charge in [0, 0.05) is 25.1 Å². The molecule has 1 amide bonds. The third-order valence-corrected chi connectivity index (χ3v) is 5.27. The van der Waals surface area contributed by atoms with Crippen molar-refractivity contribution in [1.29, 1.82) is 0 Å². The van der Waals surface area contributed by atoms with Crippen molar-refractivity contribution in [1.82, 2.24) is 10.1 Å². The number of hydrogen-bond acceptors (Lipinski definition) is 4. The molecule has 1 aromatic rings. The van der Waals surface area contributed by atoms with Crippen molar-refractivity contribution >= 4 is 11.9 Å². The van der Waals surface area contributed by atoms with Crippen molar-refractivity contribution in [2.24, 2.45) is 11.3 Å². The molecule has 120 valence electrons. The molecule has 1 saturated heterocycles. The normalized spacial score (nSPS) is 24.6. The fraction of sp³-hybridized carbons (Fsp3) is 0.688. The molecule has 1 atom stereocenters. The van der Waals surface area contributed by atoms with Gasteiger partial charge in [-0.1, -0.05) is 19.0 Å². The molecule has 0 aromatic carbocycles. The largest absolute Gasteiger partial charge is 0.481 e. The van der Waals surface area contributed by atoms with Gasteiger partial charge in [-0.2, -0.15) is 0 Å². The molecule has 3 rings (SSSR count). The van der Waals surface area contributed by atoms with E-state index < -0.39 is 11.4 Å². The molecule has 1 fully saturated rings. The Morgan fingerprint density at radius 3 is 2.68 bits per heavy atom. The lowest BCUT2D eigenvalue weighted by atomic mass is 9.76. The highest BCUT2D eigenvalue weighted by atomic mass is 16.5. The first-order valence-electron chi connectivity index (χ1n) is 7.96. The van der Waals surface area contributed by atoms with Gasteiger partial charge in [-0.3, -0.25) is 9.59 Å². The van der Waals surface area contributed by atoms with Crippen LogP contribution < -0.4 is 0 Å². The van der Waals surface area contributed by atoms with Gasteiger partial charge in [0.05, 0.1) is 5.41 Å². The summed E-state index contributed by atoms with van der Waals surface area (Å²) >= 11 is 0. The van der Waals surface area contributed by atoms with E-state index in [1.807, 2.05) is 13.8 Å². The van der Waals surface area contributed by atoms with Gasteiger partial charge in [-0.05, 0) is 31.6 Å². The average molecular weight is 306 g/mol. The van der Waals surface area contributed by atoms with Gasteiger partial charge in [0.1, 0.15) is 5.76 Å². The second kappa shape index (κ2) is 5.41. The van der Waals surface area contributed by atoms with Crippen molar-refractivity contribution in [3.63, 3.8) is 0 Å². The maximum Gasteiger partial charge on any atom is 0.311 e. The van der Waals surface area contributed by atoms with Gasteiger partial charge in [0.25, 0.3) is 5.91 Å². The zero-order valence-electron chi connectivity index (χ0n) is 13.1. The van der Waals surface area contributed by atoms with Crippen LogP contribution in [-0.2, 0) is 17.6 Å². The minimum atomic E-state index is -0.848. The molecule has 1 unspecified atom stereocenters. The van der Waals surface area contributed by atoms with Gasteiger partial charge in [-0.25, -0.2) is 0 Å². The predicted molar refractivity (Wildman–Crippen MR) is 78.6 cm³/mol. The number of aryl methyl sites for hydroxylation is 1. The highest BCUT2D eigenvalue weighted by Gasteiger charge is 2.49. The van der Waals surface area contributed by atoms with E-state index in [-0.39, 0.29) is 18.4 Å². The molecule has 1 N–H and O–H groups in total. The number of carbonyl (C=O) groups is 2. The maximum atomic E-state index is 12.7. The molecule has 22 heavy (non-hydrogen) atoms. The fourth-order valence-electron chi connectivity index (χ4n) is 3.60. The van der Waals surface area contributed by atoms with E-state index in [2.05, 4.69) is 5.16 Å². The molecule has 2 heterocycles.